The monoisotopic (exact) mass is 402 g/mol. The molecule has 0 atom stereocenters. The Labute approximate surface area is 180 Å². The van der Waals surface area contributed by atoms with Crippen LogP contribution in [0.15, 0.2) is 41.4 Å². The Hall–Kier alpha value is -2.86. The van der Waals surface area contributed by atoms with E-state index in [0.717, 1.165) is 18.6 Å². The Bertz CT molecular complexity index is 973. The van der Waals surface area contributed by atoms with Gasteiger partial charge in [0.15, 0.2) is 0 Å². The van der Waals surface area contributed by atoms with E-state index in [0.29, 0.717) is 16.7 Å². The van der Waals surface area contributed by atoms with E-state index >= 15 is 0 Å². The summed E-state index contributed by atoms with van der Waals surface area (Å²) in [5.74, 6) is -0.780. The Morgan fingerprint density at radius 2 is 1.67 bits per heavy atom. The van der Waals surface area contributed by atoms with Gasteiger partial charge in [-0.1, -0.05) is 23.3 Å². The third-order valence-corrected chi connectivity index (χ3v) is 4.28. The number of hydrogen-bond acceptors (Lipinski definition) is 4. The van der Waals surface area contributed by atoms with Crippen molar-refractivity contribution in [3.8, 4) is 0 Å². The Morgan fingerprint density at radius 1 is 1.07 bits per heavy atom. The van der Waals surface area contributed by atoms with Crippen LogP contribution in [-0.4, -0.2) is 48.3 Å². The predicted octanol–water partition coefficient (Wildman–Crippen LogP) is 2.34. The minimum atomic E-state index is -0.669. The molecule has 2 amide bonds. The molecule has 8 heteroatoms. The van der Waals surface area contributed by atoms with Crippen molar-refractivity contribution in [2.45, 2.75) is 47.1 Å². The van der Waals surface area contributed by atoms with Gasteiger partial charge in [-0.05, 0) is 76.9 Å². The number of benzene rings is 2. The van der Waals surface area contributed by atoms with Crippen molar-refractivity contribution in [1.29, 1.82) is 0 Å². The second-order valence-corrected chi connectivity index (χ2v) is 8.28. The molecule has 2 N–H and O–H groups in total. The van der Waals surface area contributed by atoms with Gasteiger partial charge in [-0.3, -0.25) is 20.0 Å². The van der Waals surface area contributed by atoms with Crippen molar-refractivity contribution in [2.24, 2.45) is 4.99 Å². The van der Waals surface area contributed by atoms with Gasteiger partial charge >= 0.3 is 7.48 Å². The molecule has 0 saturated heterocycles. The molecular formula is C22H26B2N3O3. The van der Waals surface area contributed by atoms with Gasteiger partial charge in [0, 0.05) is 11.1 Å². The first-order valence-electron chi connectivity index (χ1n) is 9.58. The minimum Gasteiger partial charge on any atom is -0.450 e. The smallest absolute Gasteiger partial charge is 0.329 e. The molecule has 153 valence electrons. The average Bonchev–Trinajstić information content (AvgIpc) is 2.63. The first-order valence-corrected chi connectivity index (χ1v) is 9.58. The quantitative estimate of drug-likeness (QED) is 0.468. The summed E-state index contributed by atoms with van der Waals surface area (Å²) in [6, 6.07) is 10.2. The molecule has 0 aliphatic carbocycles. The summed E-state index contributed by atoms with van der Waals surface area (Å²) in [7, 11) is 6.54. The zero-order chi connectivity index (χ0) is 22.6. The number of nitrogens with one attached hydrogen (secondary N) is 1. The Kier molecular flexibility index (Phi) is 7.26. The maximum Gasteiger partial charge on any atom is 0.329 e. The van der Waals surface area contributed by atoms with E-state index < -0.39 is 11.4 Å². The number of nitrogens with zero attached hydrogens (tertiary/aromatic N) is 2. The summed E-state index contributed by atoms with van der Waals surface area (Å²) < 4.78 is 0. The van der Waals surface area contributed by atoms with E-state index in [1.54, 1.807) is 31.2 Å². The molecule has 2 aromatic rings. The molecule has 0 aromatic heterocycles. The summed E-state index contributed by atoms with van der Waals surface area (Å²) in [6.07, 6.45) is 0. The van der Waals surface area contributed by atoms with E-state index in [4.69, 9.17) is 7.85 Å². The van der Waals surface area contributed by atoms with Crippen molar-refractivity contribution in [3.63, 3.8) is 0 Å². The van der Waals surface area contributed by atoms with Gasteiger partial charge in [-0.25, -0.2) is 5.01 Å². The second kappa shape index (κ2) is 9.30. The van der Waals surface area contributed by atoms with Crippen LogP contribution >= 0.6 is 0 Å². The Balaban J connectivity index is 2.39. The van der Waals surface area contributed by atoms with Crippen LogP contribution in [0.3, 0.4) is 0 Å². The van der Waals surface area contributed by atoms with Crippen LogP contribution in [0.4, 0.5) is 5.69 Å². The zero-order valence-electron chi connectivity index (χ0n) is 18.3. The summed E-state index contributed by atoms with van der Waals surface area (Å²) in [5, 5.41) is 10.7. The van der Waals surface area contributed by atoms with E-state index in [9.17, 15) is 14.6 Å². The molecule has 0 spiro atoms. The van der Waals surface area contributed by atoms with Gasteiger partial charge in [0.2, 0.25) is 0 Å². The van der Waals surface area contributed by atoms with E-state index in [-0.39, 0.29) is 17.1 Å². The highest BCUT2D eigenvalue weighted by Crippen LogP contribution is 2.19. The molecule has 0 unspecified atom stereocenters. The fraction of sp³-hybridized carbons (Fsp3) is 0.318. The Morgan fingerprint density at radius 3 is 2.17 bits per heavy atom. The molecule has 2 rings (SSSR count). The molecule has 0 bridgehead atoms. The van der Waals surface area contributed by atoms with E-state index in [2.05, 4.69) is 10.4 Å². The number of amides is 2. The molecule has 0 heterocycles. The van der Waals surface area contributed by atoms with E-state index in [1.165, 1.54) is 11.1 Å². The van der Waals surface area contributed by atoms with Crippen molar-refractivity contribution < 1.29 is 14.6 Å². The number of carbonyl (C=O) groups excluding carboxylic acids is 2. The van der Waals surface area contributed by atoms with Gasteiger partial charge in [-0.2, -0.15) is 0 Å². The van der Waals surface area contributed by atoms with Crippen molar-refractivity contribution in [2.75, 3.05) is 0 Å². The number of hydrazine groups is 1. The standard InChI is InChI=1S/C22H26B2N3O3/c1-13-9-14(2)11-17(10-13)21(29)27(22(4,5)6)26-20(28)16-7-8-18(24-30)19(12-16)25-15(3)23/h7-12,30H,1-6H3,(H,26,28). The normalized spacial score (nSPS) is 11.8. The molecule has 30 heavy (non-hydrogen) atoms. The maximum atomic E-state index is 13.2. The van der Waals surface area contributed by atoms with Crippen molar-refractivity contribution in [1.82, 2.24) is 10.4 Å². The highest BCUT2D eigenvalue weighted by Gasteiger charge is 2.30. The summed E-state index contributed by atoms with van der Waals surface area (Å²) in [5.41, 5.74) is 5.83. The first kappa shape index (κ1) is 23.4. The van der Waals surface area contributed by atoms with Gasteiger partial charge in [0.05, 0.1) is 11.2 Å². The largest absolute Gasteiger partial charge is 0.450 e. The minimum absolute atomic E-state index is 0.281. The maximum absolute atomic E-state index is 13.2. The van der Waals surface area contributed by atoms with Gasteiger partial charge in [-0.15, -0.1) is 0 Å². The zero-order valence-corrected chi connectivity index (χ0v) is 18.3. The van der Waals surface area contributed by atoms with Crippen molar-refractivity contribution >= 4 is 43.9 Å². The lowest BCUT2D eigenvalue weighted by molar-refractivity contribution is 0.0358. The second-order valence-electron chi connectivity index (χ2n) is 8.28. The topological polar surface area (TPSA) is 82.0 Å². The summed E-state index contributed by atoms with van der Waals surface area (Å²) >= 11 is 0. The molecule has 0 fully saturated rings. The highest BCUT2D eigenvalue weighted by molar-refractivity contribution is 6.59. The average molecular weight is 402 g/mol. The molecule has 0 aliphatic heterocycles. The highest BCUT2D eigenvalue weighted by atomic mass is 16.2. The number of aliphatic imine (C=N–C) groups is 1. The molecule has 2 aromatic carbocycles. The molecule has 0 aliphatic rings. The third-order valence-electron chi connectivity index (χ3n) is 4.28. The summed E-state index contributed by atoms with van der Waals surface area (Å²) in [4.78, 5) is 30.3. The molecule has 6 nitrogen and oxygen atoms in total. The first-order chi connectivity index (χ1) is 13.9. The summed E-state index contributed by atoms with van der Waals surface area (Å²) in [6.45, 7) is 11.0. The van der Waals surface area contributed by atoms with Crippen molar-refractivity contribution in [3.05, 3.63) is 58.7 Å². The van der Waals surface area contributed by atoms with Crippen LogP contribution in [0.25, 0.3) is 0 Å². The molecular weight excluding hydrogens is 376 g/mol. The third kappa shape index (κ3) is 5.83. The number of hydrogen-bond donors (Lipinski definition) is 2. The van der Waals surface area contributed by atoms with Gasteiger partial charge < -0.3 is 5.02 Å². The fourth-order valence-corrected chi connectivity index (χ4v) is 3.00. The predicted molar refractivity (Wildman–Crippen MR) is 122 cm³/mol. The lowest BCUT2D eigenvalue weighted by atomic mass is 9.86. The van der Waals surface area contributed by atoms with Crippen LogP contribution in [0.1, 0.15) is 59.5 Å². The molecule has 3 radical (unpaired) electrons. The SMILES string of the molecule is [B]C(C)=Nc1cc(C(=O)NN(C(=O)c2cc(C)cc(C)c2)C(C)(C)C)ccc1[B]O. The number of carbonyl (C=O) groups is 2. The van der Waals surface area contributed by atoms with E-state index in [1.807, 2.05) is 40.7 Å². The van der Waals surface area contributed by atoms with Gasteiger partial charge in [0.25, 0.3) is 11.8 Å². The van der Waals surface area contributed by atoms with Crippen LogP contribution in [-0.2, 0) is 0 Å². The lowest BCUT2D eigenvalue weighted by Crippen LogP contribution is -2.55. The van der Waals surface area contributed by atoms with Crippen LogP contribution < -0.4 is 10.9 Å². The number of aryl methyl sites for hydroxylation is 2. The molecule has 0 saturated carbocycles. The van der Waals surface area contributed by atoms with Crippen LogP contribution in [0.5, 0.6) is 0 Å². The lowest BCUT2D eigenvalue weighted by Gasteiger charge is -2.35. The van der Waals surface area contributed by atoms with Crippen LogP contribution in [0.2, 0.25) is 0 Å². The number of rotatable bonds is 4. The van der Waals surface area contributed by atoms with Crippen LogP contribution in [0, 0.1) is 13.8 Å². The van der Waals surface area contributed by atoms with Gasteiger partial charge in [0.1, 0.15) is 7.85 Å². The fourth-order valence-electron chi connectivity index (χ4n) is 3.00.